The number of aryl methyl sites for hydroxylation is 1. The number of carbonyl (C=O) groups excluding carboxylic acids is 1. The molecular weight excluding hydrogens is 310 g/mol. The highest BCUT2D eigenvalue weighted by atomic mass is 16.6. The molecule has 0 saturated heterocycles. The van der Waals surface area contributed by atoms with Crippen LogP contribution in [-0.2, 0) is 6.42 Å². The third-order valence-electron chi connectivity index (χ3n) is 4.00. The number of nitrogens with two attached hydrogens (primary N) is 1. The van der Waals surface area contributed by atoms with E-state index >= 15 is 0 Å². The standard InChI is InChI=1S/C16H17N5O3/c17-15(22)13-7-12(21(23)24)9-19-16(13)18-8-11-6-5-10-3-1-2-4-14(10)20-11/h1-4,7,9,11,20H,5-6,8H2,(H2,17,22)(H,18,19). The Morgan fingerprint density at radius 1 is 1.46 bits per heavy atom. The van der Waals surface area contributed by atoms with Crippen LogP contribution < -0.4 is 16.4 Å². The van der Waals surface area contributed by atoms with E-state index in [9.17, 15) is 14.9 Å². The summed E-state index contributed by atoms with van der Waals surface area (Å²) in [6, 6.07) is 9.41. The van der Waals surface area contributed by atoms with Gasteiger partial charge in [0.2, 0.25) is 0 Å². The Morgan fingerprint density at radius 3 is 3.00 bits per heavy atom. The Balaban J connectivity index is 1.71. The molecule has 0 aliphatic carbocycles. The van der Waals surface area contributed by atoms with Crippen LogP contribution in [-0.4, -0.2) is 28.4 Å². The van der Waals surface area contributed by atoms with Crippen molar-refractivity contribution in [2.45, 2.75) is 18.9 Å². The van der Waals surface area contributed by atoms with Gasteiger partial charge in [0.15, 0.2) is 0 Å². The number of benzene rings is 1. The minimum Gasteiger partial charge on any atom is -0.380 e. The molecule has 1 aliphatic rings. The summed E-state index contributed by atoms with van der Waals surface area (Å²) in [6.07, 6.45) is 3.01. The van der Waals surface area contributed by atoms with Crippen molar-refractivity contribution < 1.29 is 9.72 Å². The molecule has 1 unspecified atom stereocenters. The molecule has 1 atom stereocenters. The molecule has 1 aromatic heterocycles. The minimum absolute atomic E-state index is 0.0143. The lowest BCUT2D eigenvalue weighted by Gasteiger charge is -2.27. The number of aromatic nitrogens is 1. The first-order chi connectivity index (χ1) is 11.5. The van der Waals surface area contributed by atoms with Crippen LogP contribution in [0.3, 0.4) is 0 Å². The maximum Gasteiger partial charge on any atom is 0.288 e. The number of nitro groups is 1. The van der Waals surface area contributed by atoms with Gasteiger partial charge in [0.05, 0.1) is 10.5 Å². The highest BCUT2D eigenvalue weighted by Crippen LogP contribution is 2.25. The van der Waals surface area contributed by atoms with Gasteiger partial charge in [-0.05, 0) is 24.5 Å². The molecule has 8 nitrogen and oxygen atoms in total. The molecule has 0 radical (unpaired) electrons. The molecule has 0 fully saturated rings. The zero-order chi connectivity index (χ0) is 17.1. The second-order valence-electron chi connectivity index (χ2n) is 5.63. The quantitative estimate of drug-likeness (QED) is 0.569. The second kappa shape index (κ2) is 6.53. The average molecular weight is 327 g/mol. The molecule has 1 amide bonds. The third kappa shape index (κ3) is 3.27. The summed E-state index contributed by atoms with van der Waals surface area (Å²) in [7, 11) is 0. The highest BCUT2D eigenvalue weighted by molar-refractivity contribution is 5.98. The van der Waals surface area contributed by atoms with Crippen LogP contribution in [0.15, 0.2) is 36.5 Å². The molecule has 8 heteroatoms. The van der Waals surface area contributed by atoms with Crippen molar-refractivity contribution in [1.29, 1.82) is 0 Å². The van der Waals surface area contributed by atoms with Crippen LogP contribution in [0, 0.1) is 10.1 Å². The van der Waals surface area contributed by atoms with E-state index in [1.165, 1.54) is 5.56 Å². The Bertz CT molecular complexity index is 793. The van der Waals surface area contributed by atoms with Gasteiger partial charge in [-0.25, -0.2) is 4.98 Å². The minimum atomic E-state index is -0.754. The van der Waals surface area contributed by atoms with Crippen molar-refractivity contribution in [1.82, 2.24) is 4.98 Å². The van der Waals surface area contributed by atoms with E-state index in [1.54, 1.807) is 0 Å². The number of rotatable bonds is 5. The van der Waals surface area contributed by atoms with Gasteiger partial charge in [-0.1, -0.05) is 18.2 Å². The molecule has 124 valence electrons. The molecule has 4 N–H and O–H groups in total. The summed E-state index contributed by atoms with van der Waals surface area (Å²) >= 11 is 0. The number of nitrogens with one attached hydrogen (secondary N) is 2. The lowest BCUT2D eigenvalue weighted by molar-refractivity contribution is -0.385. The predicted molar refractivity (Wildman–Crippen MR) is 90.1 cm³/mol. The van der Waals surface area contributed by atoms with E-state index in [4.69, 9.17) is 5.73 Å². The highest BCUT2D eigenvalue weighted by Gasteiger charge is 2.20. The molecule has 3 rings (SSSR count). The number of anilines is 2. The average Bonchev–Trinajstić information content (AvgIpc) is 2.59. The van der Waals surface area contributed by atoms with Crippen LogP contribution in [0.2, 0.25) is 0 Å². The van der Waals surface area contributed by atoms with Gasteiger partial charge in [0, 0.05) is 24.3 Å². The van der Waals surface area contributed by atoms with Gasteiger partial charge in [-0.2, -0.15) is 0 Å². The number of pyridine rings is 1. The summed E-state index contributed by atoms with van der Waals surface area (Å²) in [5.41, 5.74) is 7.43. The van der Waals surface area contributed by atoms with E-state index in [0.717, 1.165) is 30.8 Å². The molecule has 0 saturated carbocycles. The monoisotopic (exact) mass is 327 g/mol. The summed E-state index contributed by atoms with van der Waals surface area (Å²) < 4.78 is 0. The first-order valence-electron chi connectivity index (χ1n) is 7.57. The fraction of sp³-hybridized carbons (Fsp3) is 0.250. The largest absolute Gasteiger partial charge is 0.380 e. The van der Waals surface area contributed by atoms with E-state index in [0.29, 0.717) is 6.54 Å². The lowest BCUT2D eigenvalue weighted by Crippen LogP contribution is -2.33. The Hall–Kier alpha value is -3.16. The van der Waals surface area contributed by atoms with E-state index in [1.807, 2.05) is 18.2 Å². The first kappa shape index (κ1) is 15.7. The molecular formula is C16H17N5O3. The first-order valence-corrected chi connectivity index (χ1v) is 7.57. The van der Waals surface area contributed by atoms with Crippen molar-refractivity contribution in [3.05, 3.63) is 57.8 Å². The smallest absolute Gasteiger partial charge is 0.288 e. The van der Waals surface area contributed by atoms with Crippen molar-refractivity contribution >= 4 is 23.1 Å². The van der Waals surface area contributed by atoms with Gasteiger partial charge < -0.3 is 16.4 Å². The van der Waals surface area contributed by atoms with Crippen LogP contribution in [0.4, 0.5) is 17.2 Å². The van der Waals surface area contributed by atoms with Gasteiger partial charge >= 0.3 is 0 Å². The lowest BCUT2D eigenvalue weighted by atomic mass is 9.98. The number of nitrogens with zero attached hydrogens (tertiary/aromatic N) is 2. The van der Waals surface area contributed by atoms with Crippen molar-refractivity contribution in [2.75, 3.05) is 17.2 Å². The predicted octanol–water partition coefficient (Wildman–Crippen LogP) is 1.93. The van der Waals surface area contributed by atoms with Crippen molar-refractivity contribution in [3.63, 3.8) is 0 Å². The summed E-state index contributed by atoms with van der Waals surface area (Å²) in [5, 5.41) is 17.3. The number of amides is 1. The van der Waals surface area contributed by atoms with E-state index < -0.39 is 10.8 Å². The van der Waals surface area contributed by atoms with Crippen LogP contribution in [0.25, 0.3) is 0 Å². The summed E-state index contributed by atoms with van der Waals surface area (Å²) in [4.78, 5) is 25.7. The fourth-order valence-corrected chi connectivity index (χ4v) is 2.76. The number of hydrogen-bond acceptors (Lipinski definition) is 6. The van der Waals surface area contributed by atoms with Crippen LogP contribution >= 0.6 is 0 Å². The van der Waals surface area contributed by atoms with Gasteiger partial charge in [0.1, 0.15) is 12.0 Å². The van der Waals surface area contributed by atoms with Crippen LogP contribution in [0.5, 0.6) is 0 Å². The maximum atomic E-state index is 11.5. The molecule has 1 aromatic carbocycles. The molecule has 0 bridgehead atoms. The number of carbonyl (C=O) groups is 1. The molecule has 1 aliphatic heterocycles. The zero-order valence-electron chi connectivity index (χ0n) is 12.9. The second-order valence-corrected chi connectivity index (χ2v) is 5.63. The SMILES string of the molecule is NC(=O)c1cc([N+](=O)[O-])cnc1NCC1CCc2ccccc2N1. The maximum absolute atomic E-state index is 11.5. The van der Waals surface area contributed by atoms with Gasteiger partial charge in [-0.3, -0.25) is 14.9 Å². The van der Waals surface area contributed by atoms with Crippen LogP contribution in [0.1, 0.15) is 22.3 Å². The molecule has 2 heterocycles. The Kier molecular flexibility index (Phi) is 4.28. The normalized spacial score (nSPS) is 15.9. The number of hydrogen-bond donors (Lipinski definition) is 3. The Morgan fingerprint density at radius 2 is 2.25 bits per heavy atom. The van der Waals surface area contributed by atoms with Crippen molar-refractivity contribution in [2.24, 2.45) is 5.73 Å². The topological polar surface area (TPSA) is 123 Å². The van der Waals surface area contributed by atoms with E-state index in [-0.39, 0.29) is 23.1 Å². The summed E-state index contributed by atoms with van der Waals surface area (Å²) in [6.45, 7) is 0.527. The number of para-hydroxylation sites is 1. The number of primary amides is 1. The molecule has 2 aromatic rings. The van der Waals surface area contributed by atoms with E-state index in [2.05, 4.69) is 21.7 Å². The van der Waals surface area contributed by atoms with Crippen molar-refractivity contribution in [3.8, 4) is 0 Å². The molecule has 24 heavy (non-hydrogen) atoms. The summed E-state index contributed by atoms with van der Waals surface area (Å²) in [5.74, 6) is -0.496. The molecule has 0 spiro atoms. The van der Waals surface area contributed by atoms with Gasteiger partial charge in [-0.15, -0.1) is 0 Å². The Labute approximate surface area is 138 Å². The van der Waals surface area contributed by atoms with Gasteiger partial charge in [0.25, 0.3) is 11.6 Å². The number of fused-ring (bicyclic) bond motifs is 1. The third-order valence-corrected chi connectivity index (χ3v) is 4.00. The fourth-order valence-electron chi connectivity index (χ4n) is 2.76. The zero-order valence-corrected chi connectivity index (χ0v) is 12.9.